The van der Waals surface area contributed by atoms with Gasteiger partial charge in [0.05, 0.1) is 6.42 Å². The first-order chi connectivity index (χ1) is 10.8. The molecule has 0 saturated heterocycles. The number of hydrogen-bond acceptors (Lipinski definition) is 5. The minimum atomic E-state index is -0.528. The summed E-state index contributed by atoms with van der Waals surface area (Å²) in [6.07, 6.45) is -0.0749. The van der Waals surface area contributed by atoms with Crippen molar-refractivity contribution in [3.63, 3.8) is 0 Å². The molecule has 1 aliphatic heterocycles. The number of nitrogens with zero attached hydrogens (tertiary/aromatic N) is 2. The zero-order valence-corrected chi connectivity index (χ0v) is 12.4. The van der Waals surface area contributed by atoms with Crippen LogP contribution in [0.15, 0.2) is 64.6 Å². The van der Waals surface area contributed by atoms with Gasteiger partial charge < -0.3 is 4.84 Å². The van der Waals surface area contributed by atoms with E-state index in [2.05, 4.69) is 5.16 Å². The lowest BCUT2D eigenvalue weighted by molar-refractivity contribution is 0.103. The highest BCUT2D eigenvalue weighted by Crippen LogP contribution is 2.30. The number of carbonyl (C=O) groups excluding carboxylic acids is 1. The molecular formula is C17H12N2O2S. The highest BCUT2D eigenvalue weighted by molar-refractivity contribution is 8.14. The summed E-state index contributed by atoms with van der Waals surface area (Å²) in [5, 5.41) is 13.4. The Morgan fingerprint density at radius 3 is 2.64 bits per heavy atom. The van der Waals surface area contributed by atoms with Gasteiger partial charge in [0, 0.05) is 16.0 Å². The van der Waals surface area contributed by atoms with Gasteiger partial charge in [0.25, 0.3) is 0 Å². The summed E-state index contributed by atoms with van der Waals surface area (Å²) in [4.78, 5) is 18.4. The minimum absolute atomic E-state index is 0.0277. The molecule has 0 bridgehead atoms. The molecule has 1 unspecified atom stereocenters. The van der Waals surface area contributed by atoms with Gasteiger partial charge in [-0.15, -0.1) is 0 Å². The maximum absolute atomic E-state index is 12.6. The van der Waals surface area contributed by atoms with Crippen LogP contribution in [0, 0.1) is 11.3 Å². The van der Waals surface area contributed by atoms with Gasteiger partial charge in [0.2, 0.25) is 6.10 Å². The van der Waals surface area contributed by atoms with E-state index in [1.54, 1.807) is 18.2 Å². The fourth-order valence-electron chi connectivity index (χ4n) is 2.10. The van der Waals surface area contributed by atoms with E-state index < -0.39 is 6.10 Å². The van der Waals surface area contributed by atoms with Gasteiger partial charge in [-0.05, 0) is 12.1 Å². The molecule has 0 N–H and O–H groups in total. The lowest BCUT2D eigenvalue weighted by Gasteiger charge is -2.07. The van der Waals surface area contributed by atoms with Gasteiger partial charge in [0.15, 0.2) is 5.78 Å². The second-order valence-corrected chi connectivity index (χ2v) is 5.82. The molecule has 0 aromatic heterocycles. The highest BCUT2D eigenvalue weighted by atomic mass is 32.2. The molecule has 108 valence electrons. The molecular weight excluding hydrogens is 296 g/mol. The summed E-state index contributed by atoms with van der Waals surface area (Å²) < 4.78 is 0. The van der Waals surface area contributed by atoms with E-state index in [1.807, 2.05) is 42.5 Å². The maximum Gasteiger partial charge on any atom is 0.218 e. The lowest BCUT2D eigenvalue weighted by Crippen LogP contribution is -2.05. The van der Waals surface area contributed by atoms with Gasteiger partial charge in [-0.3, -0.25) is 4.79 Å². The van der Waals surface area contributed by atoms with Gasteiger partial charge in [0.1, 0.15) is 11.1 Å². The van der Waals surface area contributed by atoms with Crippen LogP contribution in [0.1, 0.15) is 22.3 Å². The Kier molecular flexibility index (Phi) is 4.22. The number of carbonyl (C=O) groups is 1. The van der Waals surface area contributed by atoms with Crippen LogP contribution < -0.4 is 0 Å². The van der Waals surface area contributed by atoms with Crippen molar-refractivity contribution in [3.8, 4) is 6.07 Å². The smallest absolute Gasteiger partial charge is 0.218 e. The molecule has 2 aromatic carbocycles. The Morgan fingerprint density at radius 2 is 1.91 bits per heavy atom. The molecule has 2 aromatic rings. The summed E-state index contributed by atoms with van der Waals surface area (Å²) in [6, 6.07) is 18.6. The molecule has 0 amide bonds. The van der Waals surface area contributed by atoms with Crippen molar-refractivity contribution in [2.45, 2.75) is 17.4 Å². The van der Waals surface area contributed by atoms with Crippen LogP contribution in [0.25, 0.3) is 0 Å². The number of rotatable bonds is 3. The van der Waals surface area contributed by atoms with Crippen LogP contribution >= 0.6 is 11.8 Å². The summed E-state index contributed by atoms with van der Waals surface area (Å²) in [6.45, 7) is 0. The van der Waals surface area contributed by atoms with E-state index in [-0.39, 0.29) is 5.78 Å². The van der Waals surface area contributed by atoms with Crippen molar-refractivity contribution in [2.24, 2.45) is 5.16 Å². The predicted octanol–water partition coefficient (Wildman–Crippen LogP) is 3.64. The molecule has 0 radical (unpaired) electrons. The Hall–Kier alpha value is -2.58. The lowest BCUT2D eigenvalue weighted by atomic mass is 10.0. The van der Waals surface area contributed by atoms with Crippen LogP contribution in [-0.4, -0.2) is 16.9 Å². The fraction of sp³-hybridized carbons (Fsp3) is 0.118. The first-order valence-corrected chi connectivity index (χ1v) is 7.58. The van der Waals surface area contributed by atoms with Crippen molar-refractivity contribution in [3.05, 3.63) is 65.7 Å². The van der Waals surface area contributed by atoms with Crippen LogP contribution in [0.5, 0.6) is 0 Å². The second kappa shape index (κ2) is 6.46. The van der Waals surface area contributed by atoms with Crippen molar-refractivity contribution < 1.29 is 9.63 Å². The molecule has 0 spiro atoms. The van der Waals surface area contributed by atoms with Gasteiger partial charge in [-0.25, -0.2) is 0 Å². The van der Waals surface area contributed by atoms with Gasteiger partial charge >= 0.3 is 0 Å². The van der Waals surface area contributed by atoms with Gasteiger partial charge in [-0.1, -0.05) is 59.4 Å². The zero-order chi connectivity index (χ0) is 15.4. The van der Waals surface area contributed by atoms with Crippen LogP contribution in [0.4, 0.5) is 0 Å². The first kappa shape index (κ1) is 14.4. The Bertz CT molecular complexity index is 766. The molecule has 5 heteroatoms. The number of benzene rings is 2. The minimum Gasteiger partial charge on any atom is -0.376 e. The normalized spacial score (nSPS) is 16.5. The molecule has 0 aliphatic carbocycles. The highest BCUT2D eigenvalue weighted by Gasteiger charge is 2.23. The second-order valence-electron chi connectivity index (χ2n) is 4.71. The first-order valence-electron chi connectivity index (χ1n) is 6.77. The summed E-state index contributed by atoms with van der Waals surface area (Å²) in [5.74, 6) is -0.0277. The molecule has 4 nitrogen and oxygen atoms in total. The Balaban J connectivity index is 1.85. The average molecular weight is 308 g/mol. The maximum atomic E-state index is 12.6. The number of oxime groups is 1. The molecule has 22 heavy (non-hydrogen) atoms. The van der Waals surface area contributed by atoms with Crippen LogP contribution in [-0.2, 0) is 4.84 Å². The molecule has 1 atom stereocenters. The largest absolute Gasteiger partial charge is 0.376 e. The molecule has 0 fully saturated rings. The standard InChI is InChI=1S/C17H12N2O2S/c18-11-13-10-16(19-21-13)22-15-9-5-4-8-14(15)17(20)12-6-2-1-3-7-12/h1-9,13H,10H2. The van der Waals surface area contributed by atoms with E-state index >= 15 is 0 Å². The quantitative estimate of drug-likeness (QED) is 0.812. The summed E-state index contributed by atoms with van der Waals surface area (Å²) in [5.41, 5.74) is 1.27. The predicted molar refractivity (Wildman–Crippen MR) is 84.7 cm³/mol. The number of nitriles is 1. The van der Waals surface area contributed by atoms with E-state index in [1.165, 1.54) is 11.8 Å². The summed E-state index contributed by atoms with van der Waals surface area (Å²) in [7, 11) is 0. The molecule has 1 aliphatic rings. The molecule has 3 rings (SSSR count). The molecule has 0 saturated carbocycles. The SMILES string of the molecule is N#CC1CC(Sc2ccccc2C(=O)c2ccccc2)=NO1. The zero-order valence-electron chi connectivity index (χ0n) is 11.6. The molecule has 1 heterocycles. The van der Waals surface area contributed by atoms with E-state index in [9.17, 15) is 4.79 Å². The Morgan fingerprint density at radius 1 is 1.18 bits per heavy atom. The average Bonchev–Trinajstić information content (AvgIpc) is 3.03. The van der Waals surface area contributed by atoms with E-state index in [0.717, 1.165) is 4.90 Å². The van der Waals surface area contributed by atoms with Gasteiger partial charge in [-0.2, -0.15) is 5.26 Å². The van der Waals surface area contributed by atoms with Crippen molar-refractivity contribution in [2.75, 3.05) is 0 Å². The monoisotopic (exact) mass is 308 g/mol. The van der Waals surface area contributed by atoms with Crippen LogP contribution in [0.2, 0.25) is 0 Å². The third-order valence-electron chi connectivity index (χ3n) is 3.18. The van der Waals surface area contributed by atoms with E-state index in [0.29, 0.717) is 22.6 Å². The number of ketones is 1. The third kappa shape index (κ3) is 3.02. The van der Waals surface area contributed by atoms with Crippen molar-refractivity contribution >= 4 is 22.6 Å². The number of hydrogen-bond donors (Lipinski definition) is 0. The fourth-order valence-corrected chi connectivity index (χ4v) is 3.09. The van der Waals surface area contributed by atoms with Crippen molar-refractivity contribution in [1.82, 2.24) is 0 Å². The van der Waals surface area contributed by atoms with Crippen molar-refractivity contribution in [1.29, 1.82) is 5.26 Å². The van der Waals surface area contributed by atoms with E-state index in [4.69, 9.17) is 10.1 Å². The Labute approximate surface area is 132 Å². The number of thioether (sulfide) groups is 1. The van der Waals surface area contributed by atoms with Crippen LogP contribution in [0.3, 0.4) is 0 Å². The third-order valence-corrected chi connectivity index (χ3v) is 4.23. The topological polar surface area (TPSA) is 62.5 Å². The summed E-state index contributed by atoms with van der Waals surface area (Å²) >= 11 is 1.37.